The number of hydrogen-bond donors (Lipinski definition) is 3. The molecule has 0 fully saturated rings. The van der Waals surface area contributed by atoms with Crippen LogP contribution in [0.25, 0.3) is 33.4 Å². The van der Waals surface area contributed by atoms with Gasteiger partial charge in [-0.1, -0.05) is 29.8 Å². The van der Waals surface area contributed by atoms with Crippen molar-refractivity contribution >= 4 is 35.0 Å². The number of halogens is 1. The number of aromatic nitrogens is 4. The number of rotatable bonds is 12. The van der Waals surface area contributed by atoms with E-state index >= 15 is 0 Å². The zero-order valence-corrected chi connectivity index (χ0v) is 21.7. The van der Waals surface area contributed by atoms with E-state index in [0.29, 0.717) is 73.3 Å². The number of anilines is 1. The predicted molar refractivity (Wildman–Crippen MR) is 148 cm³/mol. The van der Waals surface area contributed by atoms with Crippen molar-refractivity contribution in [3.05, 3.63) is 69.7 Å². The lowest BCUT2D eigenvalue weighted by atomic mass is 10.0. The van der Waals surface area contributed by atoms with Crippen LogP contribution in [0, 0.1) is 6.92 Å². The Labute approximate surface area is 220 Å². The highest BCUT2D eigenvalue weighted by Crippen LogP contribution is 2.31. The quantitative estimate of drug-likeness (QED) is 0.193. The third kappa shape index (κ3) is 6.31. The zero-order valence-electron chi connectivity index (χ0n) is 20.9. The third-order valence-corrected chi connectivity index (χ3v) is 6.18. The topological polar surface area (TPSA) is 114 Å². The van der Waals surface area contributed by atoms with Gasteiger partial charge in [-0.05, 0) is 51.1 Å². The molecule has 4 rings (SSSR count). The lowest BCUT2D eigenvalue weighted by Crippen LogP contribution is -2.29. The number of carbonyl (C=O) groups excluding carboxylic acids is 1. The number of aryl methyl sites for hydroxylation is 2. The Morgan fingerprint density at radius 1 is 1.05 bits per heavy atom. The fourth-order valence-electron chi connectivity index (χ4n) is 4.11. The molecule has 1 amide bonds. The van der Waals surface area contributed by atoms with E-state index in [4.69, 9.17) is 11.6 Å². The van der Waals surface area contributed by atoms with Crippen LogP contribution in [0.15, 0.2) is 53.5 Å². The van der Waals surface area contributed by atoms with Crippen molar-refractivity contribution in [1.82, 2.24) is 30.2 Å². The minimum Gasteiger partial charge on any atom is -0.357 e. The van der Waals surface area contributed by atoms with Gasteiger partial charge in [0.25, 0.3) is 5.56 Å². The normalized spacial score (nSPS) is 11.0. The van der Waals surface area contributed by atoms with Gasteiger partial charge in [0.15, 0.2) is 0 Å². The van der Waals surface area contributed by atoms with Crippen molar-refractivity contribution in [3.63, 3.8) is 0 Å². The highest BCUT2D eigenvalue weighted by Gasteiger charge is 2.16. The summed E-state index contributed by atoms with van der Waals surface area (Å²) in [6.07, 6.45) is 3.10. The van der Waals surface area contributed by atoms with Crippen LogP contribution in [0.2, 0.25) is 5.02 Å². The minimum absolute atomic E-state index is 0.167. The van der Waals surface area contributed by atoms with Gasteiger partial charge in [-0.3, -0.25) is 19.1 Å². The van der Waals surface area contributed by atoms with E-state index < -0.39 is 0 Å². The Kier molecular flexibility index (Phi) is 8.81. The Balaban J connectivity index is 1.70. The van der Waals surface area contributed by atoms with Crippen molar-refractivity contribution in [2.75, 3.05) is 31.5 Å². The summed E-state index contributed by atoms with van der Waals surface area (Å²) in [6.45, 7) is 6.92. The smallest absolute Gasteiger partial charge is 0.260 e. The summed E-state index contributed by atoms with van der Waals surface area (Å²) in [5.74, 6) is 0.474. The first-order chi connectivity index (χ1) is 18.0. The summed E-state index contributed by atoms with van der Waals surface area (Å²) in [5.41, 5.74) is 4.16. The molecular weight excluding hydrogens is 490 g/mol. The zero-order chi connectivity index (χ0) is 26.2. The monoisotopic (exact) mass is 519 g/mol. The van der Waals surface area contributed by atoms with Gasteiger partial charge >= 0.3 is 0 Å². The van der Waals surface area contributed by atoms with Crippen LogP contribution in [0.3, 0.4) is 0 Å². The number of carbonyl (C=O) groups is 1. The molecule has 1 aromatic carbocycles. The molecule has 3 aromatic heterocycles. The Bertz CT molecular complexity index is 1450. The minimum atomic E-state index is -0.167. The maximum atomic E-state index is 13.8. The standard InChI is InChI=1S/C27H30ClN7O2/c1-3-31-27-32-16-20-14-22(21-9-8-19(15-23(21)28)24-7-4-6-18(2)33-24)26(37)35(25(20)34-27)13-5-10-29-11-12-30-17-36/h4,6-9,14-17,29H,3,5,10-13H2,1-2H3,(H,30,36)(H,31,32,34). The molecule has 3 N–H and O–H groups in total. The van der Waals surface area contributed by atoms with Crippen molar-refractivity contribution in [2.24, 2.45) is 0 Å². The molecule has 0 bridgehead atoms. The second kappa shape index (κ2) is 12.4. The molecule has 0 aliphatic rings. The first kappa shape index (κ1) is 26.2. The van der Waals surface area contributed by atoms with Gasteiger partial charge in [0.1, 0.15) is 5.65 Å². The molecule has 0 aliphatic carbocycles. The fourth-order valence-corrected chi connectivity index (χ4v) is 4.39. The van der Waals surface area contributed by atoms with Crippen LogP contribution < -0.4 is 21.5 Å². The summed E-state index contributed by atoms with van der Waals surface area (Å²) in [4.78, 5) is 37.7. The summed E-state index contributed by atoms with van der Waals surface area (Å²) in [5, 5.41) is 10.2. The second-order valence-corrected chi connectivity index (χ2v) is 8.96. The fraction of sp³-hybridized carbons (Fsp3) is 0.296. The highest BCUT2D eigenvalue weighted by atomic mass is 35.5. The highest BCUT2D eigenvalue weighted by molar-refractivity contribution is 6.33. The number of nitrogens with zero attached hydrogens (tertiary/aromatic N) is 4. The molecule has 0 aliphatic heterocycles. The van der Waals surface area contributed by atoms with Gasteiger partial charge in [0.05, 0.1) is 5.69 Å². The molecule has 0 saturated heterocycles. The molecule has 0 radical (unpaired) electrons. The molecule has 0 spiro atoms. The predicted octanol–water partition coefficient (Wildman–Crippen LogP) is 3.64. The number of hydrogen-bond acceptors (Lipinski definition) is 7. The maximum absolute atomic E-state index is 13.8. The summed E-state index contributed by atoms with van der Waals surface area (Å²) in [7, 11) is 0. The van der Waals surface area contributed by atoms with E-state index in [2.05, 4.69) is 30.9 Å². The molecule has 0 atom stereocenters. The van der Waals surface area contributed by atoms with Crippen LogP contribution >= 0.6 is 11.6 Å². The largest absolute Gasteiger partial charge is 0.357 e. The first-order valence-electron chi connectivity index (χ1n) is 12.3. The maximum Gasteiger partial charge on any atom is 0.260 e. The molecule has 10 heteroatoms. The molecule has 4 aromatic rings. The van der Waals surface area contributed by atoms with Crippen molar-refractivity contribution in [2.45, 2.75) is 26.8 Å². The lowest BCUT2D eigenvalue weighted by Gasteiger charge is -2.15. The Morgan fingerprint density at radius 3 is 2.68 bits per heavy atom. The van der Waals surface area contributed by atoms with E-state index in [1.165, 1.54) is 0 Å². The molecule has 0 unspecified atom stereocenters. The van der Waals surface area contributed by atoms with Gasteiger partial charge in [-0.15, -0.1) is 0 Å². The summed E-state index contributed by atoms with van der Waals surface area (Å²) >= 11 is 6.72. The van der Waals surface area contributed by atoms with Crippen molar-refractivity contribution in [1.29, 1.82) is 0 Å². The number of benzene rings is 1. The summed E-state index contributed by atoms with van der Waals surface area (Å²) < 4.78 is 1.69. The molecule has 37 heavy (non-hydrogen) atoms. The van der Waals surface area contributed by atoms with E-state index in [-0.39, 0.29) is 5.56 Å². The van der Waals surface area contributed by atoms with Crippen molar-refractivity contribution < 1.29 is 4.79 Å². The average Bonchev–Trinajstić information content (AvgIpc) is 2.89. The first-order valence-corrected chi connectivity index (χ1v) is 12.7. The molecule has 0 saturated carbocycles. The number of nitrogens with one attached hydrogen (secondary N) is 3. The van der Waals surface area contributed by atoms with Crippen LogP contribution in [-0.2, 0) is 11.3 Å². The van der Waals surface area contributed by atoms with Crippen LogP contribution in [0.1, 0.15) is 19.0 Å². The molecule has 9 nitrogen and oxygen atoms in total. The molecule has 3 heterocycles. The number of pyridine rings is 2. The lowest BCUT2D eigenvalue weighted by molar-refractivity contribution is -0.109. The van der Waals surface area contributed by atoms with Gasteiger partial charge in [0, 0.05) is 65.2 Å². The third-order valence-electron chi connectivity index (χ3n) is 5.87. The summed E-state index contributed by atoms with van der Waals surface area (Å²) in [6, 6.07) is 13.3. The number of amides is 1. The Hall–Kier alpha value is -3.82. The van der Waals surface area contributed by atoms with E-state index in [0.717, 1.165) is 22.3 Å². The van der Waals surface area contributed by atoms with E-state index in [9.17, 15) is 9.59 Å². The van der Waals surface area contributed by atoms with E-state index in [1.807, 2.05) is 50.2 Å². The van der Waals surface area contributed by atoms with E-state index in [1.54, 1.807) is 16.8 Å². The average molecular weight is 520 g/mol. The Morgan fingerprint density at radius 2 is 1.92 bits per heavy atom. The van der Waals surface area contributed by atoms with Crippen LogP contribution in [0.4, 0.5) is 5.95 Å². The molecule has 192 valence electrons. The number of fused-ring (bicyclic) bond motifs is 1. The SMILES string of the molecule is CCNc1ncc2cc(-c3ccc(-c4cccc(C)n4)cc3Cl)c(=O)n(CCCNCCNC=O)c2n1. The van der Waals surface area contributed by atoms with Crippen LogP contribution in [0.5, 0.6) is 0 Å². The van der Waals surface area contributed by atoms with Gasteiger partial charge in [0.2, 0.25) is 12.4 Å². The second-order valence-electron chi connectivity index (χ2n) is 8.55. The van der Waals surface area contributed by atoms with Gasteiger partial charge < -0.3 is 16.0 Å². The van der Waals surface area contributed by atoms with Crippen LogP contribution in [-0.4, -0.2) is 52.1 Å². The van der Waals surface area contributed by atoms with Gasteiger partial charge in [-0.2, -0.15) is 4.98 Å². The van der Waals surface area contributed by atoms with Gasteiger partial charge in [-0.25, -0.2) is 4.98 Å². The molecular formula is C27H30ClN7O2. The van der Waals surface area contributed by atoms with Crippen molar-refractivity contribution in [3.8, 4) is 22.4 Å².